The molecule has 0 unspecified atom stereocenters. The van der Waals surface area contributed by atoms with E-state index in [4.69, 9.17) is 0 Å². The number of benzene rings is 3. The van der Waals surface area contributed by atoms with Crippen LogP contribution in [-0.2, 0) is 0 Å². The number of carbonyl (C=O) groups is 2. The minimum absolute atomic E-state index is 0.258. The molecule has 0 aromatic heterocycles. The van der Waals surface area contributed by atoms with E-state index in [-0.39, 0.29) is 11.6 Å². The maximum absolute atomic E-state index is 13.9. The van der Waals surface area contributed by atoms with Crippen LogP contribution in [0.4, 0.5) is 20.2 Å². The number of amides is 2. The first kappa shape index (κ1) is 19.0. The summed E-state index contributed by atoms with van der Waals surface area (Å²) in [6, 6.07) is 14.7. The molecule has 0 bridgehead atoms. The number of hydrogen-bond donors (Lipinski definition) is 3. The second-order valence-corrected chi connectivity index (χ2v) is 6.03. The Kier molecular flexibility index (Phi) is 5.35. The van der Waals surface area contributed by atoms with Crippen molar-refractivity contribution in [2.24, 2.45) is 0 Å². The summed E-state index contributed by atoms with van der Waals surface area (Å²) < 4.78 is 27.0. The van der Waals surface area contributed by atoms with E-state index in [1.807, 2.05) is 6.07 Å². The molecule has 3 rings (SSSR count). The first-order valence-electron chi connectivity index (χ1n) is 8.32. The highest BCUT2D eigenvalue weighted by molar-refractivity contribution is 6.09. The Balaban J connectivity index is 1.85. The van der Waals surface area contributed by atoms with E-state index in [0.29, 0.717) is 28.9 Å². The molecule has 3 N–H and O–H groups in total. The molecule has 0 aliphatic rings. The first-order valence-corrected chi connectivity index (χ1v) is 8.32. The van der Waals surface area contributed by atoms with Crippen molar-refractivity contribution in [3.63, 3.8) is 0 Å². The van der Waals surface area contributed by atoms with Gasteiger partial charge in [0, 0.05) is 29.1 Å². The third-order valence-corrected chi connectivity index (χ3v) is 4.12. The van der Waals surface area contributed by atoms with Crippen LogP contribution in [0.15, 0.2) is 60.7 Å². The maximum atomic E-state index is 13.9. The van der Waals surface area contributed by atoms with Crippen LogP contribution in [0.1, 0.15) is 26.3 Å². The quantitative estimate of drug-likeness (QED) is 0.622. The van der Waals surface area contributed by atoms with E-state index in [1.54, 1.807) is 43.3 Å². The normalized spacial score (nSPS) is 10.4. The van der Waals surface area contributed by atoms with Crippen molar-refractivity contribution in [3.05, 3.63) is 89.0 Å². The van der Waals surface area contributed by atoms with Gasteiger partial charge in [0.2, 0.25) is 0 Å². The molecule has 0 fully saturated rings. The standard InChI is InChI=1S/C21H16F2N2O3/c1-12-15(20(27)24-14-6-3-2-4-7-14)8-5-9-17(12)25-21(28)19-16(23)10-13(22)11-18(19)26/h2-11,26H,1H3,(H,24,27)(H,25,28). The molecule has 0 aliphatic carbocycles. The van der Waals surface area contributed by atoms with Gasteiger partial charge in [0.25, 0.3) is 11.8 Å². The fraction of sp³-hybridized carbons (Fsp3) is 0.0476. The Morgan fingerprint density at radius 3 is 2.29 bits per heavy atom. The lowest BCUT2D eigenvalue weighted by molar-refractivity contribution is 0.101. The van der Waals surface area contributed by atoms with Gasteiger partial charge >= 0.3 is 0 Å². The molecule has 28 heavy (non-hydrogen) atoms. The van der Waals surface area contributed by atoms with Gasteiger partial charge in [0.05, 0.1) is 0 Å². The van der Waals surface area contributed by atoms with Crippen LogP contribution in [0, 0.1) is 18.6 Å². The van der Waals surface area contributed by atoms with Crippen molar-refractivity contribution < 1.29 is 23.5 Å². The predicted molar refractivity (Wildman–Crippen MR) is 102 cm³/mol. The van der Waals surface area contributed by atoms with Crippen molar-refractivity contribution in [2.45, 2.75) is 6.92 Å². The van der Waals surface area contributed by atoms with Crippen LogP contribution in [-0.4, -0.2) is 16.9 Å². The van der Waals surface area contributed by atoms with E-state index in [1.165, 1.54) is 6.07 Å². The number of carbonyl (C=O) groups excluding carboxylic acids is 2. The van der Waals surface area contributed by atoms with Crippen molar-refractivity contribution in [3.8, 4) is 5.75 Å². The average molecular weight is 382 g/mol. The van der Waals surface area contributed by atoms with Crippen LogP contribution < -0.4 is 10.6 Å². The molecule has 0 saturated carbocycles. The van der Waals surface area contributed by atoms with Gasteiger partial charge in [-0.2, -0.15) is 0 Å². The number of para-hydroxylation sites is 1. The number of nitrogens with one attached hydrogen (secondary N) is 2. The van der Waals surface area contributed by atoms with Gasteiger partial charge in [-0.3, -0.25) is 9.59 Å². The monoisotopic (exact) mass is 382 g/mol. The molecule has 0 atom stereocenters. The minimum Gasteiger partial charge on any atom is -0.507 e. The molecule has 0 aliphatic heterocycles. The largest absolute Gasteiger partial charge is 0.507 e. The Morgan fingerprint density at radius 1 is 0.893 bits per heavy atom. The zero-order chi connectivity index (χ0) is 20.3. The highest BCUT2D eigenvalue weighted by Crippen LogP contribution is 2.25. The Bertz CT molecular complexity index is 1030. The summed E-state index contributed by atoms with van der Waals surface area (Å²) in [7, 11) is 0. The summed E-state index contributed by atoms with van der Waals surface area (Å²) >= 11 is 0. The van der Waals surface area contributed by atoms with Crippen molar-refractivity contribution in [2.75, 3.05) is 10.6 Å². The maximum Gasteiger partial charge on any atom is 0.262 e. The zero-order valence-corrected chi connectivity index (χ0v) is 14.8. The van der Waals surface area contributed by atoms with Crippen LogP contribution in [0.2, 0.25) is 0 Å². The molecule has 0 spiro atoms. The van der Waals surface area contributed by atoms with E-state index >= 15 is 0 Å². The second kappa shape index (κ2) is 7.87. The molecule has 3 aromatic carbocycles. The summed E-state index contributed by atoms with van der Waals surface area (Å²) in [5, 5.41) is 14.9. The fourth-order valence-electron chi connectivity index (χ4n) is 2.71. The summed E-state index contributed by atoms with van der Waals surface area (Å²) in [5.74, 6) is -4.34. The van der Waals surface area contributed by atoms with Crippen LogP contribution in [0.5, 0.6) is 5.75 Å². The number of phenols is 1. The first-order chi connectivity index (χ1) is 13.4. The summed E-state index contributed by atoms with van der Waals surface area (Å²) in [6.07, 6.45) is 0. The van der Waals surface area contributed by atoms with Gasteiger partial charge in [-0.15, -0.1) is 0 Å². The fourth-order valence-corrected chi connectivity index (χ4v) is 2.71. The van der Waals surface area contributed by atoms with Crippen LogP contribution in [0.25, 0.3) is 0 Å². The zero-order valence-electron chi connectivity index (χ0n) is 14.8. The van der Waals surface area contributed by atoms with Crippen LogP contribution >= 0.6 is 0 Å². The Morgan fingerprint density at radius 2 is 1.61 bits per heavy atom. The van der Waals surface area contributed by atoms with Gasteiger partial charge in [-0.1, -0.05) is 24.3 Å². The molecule has 5 nitrogen and oxygen atoms in total. The number of phenolic OH excluding ortho intramolecular Hbond substituents is 1. The summed E-state index contributed by atoms with van der Waals surface area (Å²) in [4.78, 5) is 24.9. The third kappa shape index (κ3) is 3.98. The number of rotatable bonds is 4. The molecular weight excluding hydrogens is 366 g/mol. The molecule has 0 radical (unpaired) electrons. The lowest BCUT2D eigenvalue weighted by Gasteiger charge is -2.13. The summed E-state index contributed by atoms with van der Waals surface area (Å²) in [6.45, 7) is 1.62. The van der Waals surface area contributed by atoms with Crippen molar-refractivity contribution in [1.29, 1.82) is 0 Å². The van der Waals surface area contributed by atoms with Gasteiger partial charge in [0.15, 0.2) is 0 Å². The number of aromatic hydroxyl groups is 1. The van der Waals surface area contributed by atoms with E-state index in [0.717, 1.165) is 0 Å². The minimum atomic E-state index is -1.19. The topological polar surface area (TPSA) is 78.4 Å². The van der Waals surface area contributed by atoms with E-state index in [9.17, 15) is 23.5 Å². The Labute approximate surface area is 159 Å². The number of halogens is 2. The average Bonchev–Trinajstić information content (AvgIpc) is 2.63. The number of anilines is 2. The second-order valence-electron chi connectivity index (χ2n) is 6.03. The molecule has 3 aromatic rings. The smallest absolute Gasteiger partial charge is 0.262 e. The SMILES string of the molecule is Cc1c(NC(=O)c2c(O)cc(F)cc2F)cccc1C(=O)Nc1ccccc1. The molecule has 142 valence electrons. The molecule has 2 amide bonds. The van der Waals surface area contributed by atoms with Gasteiger partial charge in [-0.05, 0) is 36.8 Å². The summed E-state index contributed by atoms with van der Waals surface area (Å²) in [5.41, 5.74) is 0.949. The number of hydrogen-bond acceptors (Lipinski definition) is 3. The molecular formula is C21H16F2N2O3. The highest BCUT2D eigenvalue weighted by atomic mass is 19.1. The predicted octanol–water partition coefficient (Wildman–Crippen LogP) is 4.48. The Hall–Kier alpha value is -3.74. The van der Waals surface area contributed by atoms with E-state index in [2.05, 4.69) is 10.6 Å². The molecule has 0 saturated heterocycles. The lowest BCUT2D eigenvalue weighted by atomic mass is 10.0. The molecule has 0 heterocycles. The third-order valence-electron chi connectivity index (χ3n) is 4.12. The lowest BCUT2D eigenvalue weighted by Crippen LogP contribution is -2.18. The van der Waals surface area contributed by atoms with Crippen LogP contribution in [0.3, 0.4) is 0 Å². The molecule has 7 heteroatoms. The van der Waals surface area contributed by atoms with Crippen molar-refractivity contribution >= 4 is 23.2 Å². The van der Waals surface area contributed by atoms with Gasteiger partial charge < -0.3 is 15.7 Å². The van der Waals surface area contributed by atoms with E-state index < -0.39 is 28.9 Å². The van der Waals surface area contributed by atoms with Gasteiger partial charge in [-0.25, -0.2) is 8.78 Å². The highest BCUT2D eigenvalue weighted by Gasteiger charge is 2.20. The van der Waals surface area contributed by atoms with Gasteiger partial charge in [0.1, 0.15) is 22.9 Å². The van der Waals surface area contributed by atoms with Crippen molar-refractivity contribution in [1.82, 2.24) is 0 Å².